The number of anilines is 1. The van der Waals surface area contributed by atoms with E-state index in [2.05, 4.69) is 25.9 Å². The summed E-state index contributed by atoms with van der Waals surface area (Å²) in [6.07, 6.45) is 1.99. The van der Waals surface area contributed by atoms with E-state index in [0.29, 0.717) is 0 Å². The molecule has 0 aliphatic carbocycles. The van der Waals surface area contributed by atoms with Crippen molar-refractivity contribution in [1.82, 2.24) is 19.7 Å². The predicted molar refractivity (Wildman–Crippen MR) is 84.7 cm³/mol. The number of aryl methyl sites for hydroxylation is 1. The zero-order chi connectivity index (χ0) is 14.9. The maximum absolute atomic E-state index is 5.80. The molecule has 0 saturated carbocycles. The molecule has 0 unspecified atom stereocenters. The number of benzene rings is 1. The Hall–Kier alpha value is -2.34. The maximum atomic E-state index is 5.80. The molecule has 3 heterocycles. The Bertz CT molecular complexity index is 737. The third kappa shape index (κ3) is 2.57. The maximum Gasteiger partial charge on any atom is 0.209 e. The van der Waals surface area contributed by atoms with E-state index in [4.69, 9.17) is 4.42 Å². The molecule has 1 aliphatic heterocycles. The highest BCUT2D eigenvalue weighted by molar-refractivity contribution is 5.72. The minimum absolute atomic E-state index is 0.769. The first-order valence-corrected chi connectivity index (χ1v) is 7.59. The molecule has 0 atom stereocenters. The van der Waals surface area contributed by atoms with Crippen molar-refractivity contribution in [2.24, 2.45) is 7.05 Å². The molecule has 1 aliphatic rings. The van der Waals surface area contributed by atoms with Crippen molar-refractivity contribution >= 4 is 16.9 Å². The van der Waals surface area contributed by atoms with Gasteiger partial charge in [0.25, 0.3) is 0 Å². The van der Waals surface area contributed by atoms with E-state index in [1.807, 2.05) is 42.2 Å². The molecule has 0 N–H and O–H groups in total. The topological polar surface area (TPSA) is 50.3 Å². The Labute approximate surface area is 128 Å². The second kappa shape index (κ2) is 5.46. The van der Waals surface area contributed by atoms with Crippen LogP contribution < -0.4 is 4.90 Å². The number of oxazole rings is 1. The minimum atomic E-state index is 0.769. The first kappa shape index (κ1) is 13.3. The van der Waals surface area contributed by atoms with Gasteiger partial charge in [-0.15, -0.1) is 0 Å². The second-order valence-corrected chi connectivity index (χ2v) is 5.69. The number of piperazine rings is 1. The highest BCUT2D eigenvalue weighted by Crippen LogP contribution is 2.18. The van der Waals surface area contributed by atoms with E-state index < -0.39 is 0 Å². The summed E-state index contributed by atoms with van der Waals surface area (Å²) in [6, 6.07) is 9.98. The molecule has 1 saturated heterocycles. The molecule has 0 spiro atoms. The molecule has 114 valence electrons. The van der Waals surface area contributed by atoms with Crippen LogP contribution in [0.4, 0.5) is 5.82 Å². The van der Waals surface area contributed by atoms with E-state index in [1.54, 1.807) is 0 Å². The van der Waals surface area contributed by atoms with Crippen molar-refractivity contribution < 1.29 is 4.42 Å². The molecule has 22 heavy (non-hydrogen) atoms. The molecule has 2 aromatic heterocycles. The number of hydrogen-bond acceptors (Lipinski definition) is 5. The number of hydrogen-bond donors (Lipinski definition) is 0. The summed E-state index contributed by atoms with van der Waals surface area (Å²) >= 11 is 0. The van der Waals surface area contributed by atoms with Crippen LogP contribution in [-0.2, 0) is 13.6 Å². The quantitative estimate of drug-likeness (QED) is 0.739. The van der Waals surface area contributed by atoms with Gasteiger partial charge in [-0.1, -0.05) is 12.1 Å². The fraction of sp³-hybridized carbons (Fsp3) is 0.375. The standard InChI is InChI=1S/C16H19N5O/c1-19-7-6-15(18-19)21-10-8-20(9-11-21)12-16-17-13-4-2-3-5-14(13)22-16/h2-7H,8-12H2,1H3. The predicted octanol–water partition coefficient (Wildman–Crippen LogP) is 1.88. The van der Waals surface area contributed by atoms with Crippen molar-refractivity contribution in [1.29, 1.82) is 0 Å². The minimum Gasteiger partial charge on any atom is -0.439 e. The van der Waals surface area contributed by atoms with Crippen molar-refractivity contribution in [3.05, 3.63) is 42.4 Å². The zero-order valence-corrected chi connectivity index (χ0v) is 12.6. The molecule has 1 aromatic carbocycles. The lowest BCUT2D eigenvalue weighted by molar-refractivity contribution is 0.228. The summed E-state index contributed by atoms with van der Waals surface area (Å²) in [5.41, 5.74) is 1.80. The molecule has 0 radical (unpaired) electrons. The van der Waals surface area contributed by atoms with Gasteiger partial charge in [0.15, 0.2) is 11.4 Å². The van der Waals surface area contributed by atoms with Crippen LogP contribution in [0.2, 0.25) is 0 Å². The summed E-state index contributed by atoms with van der Waals surface area (Å²) in [4.78, 5) is 9.25. The van der Waals surface area contributed by atoms with Gasteiger partial charge in [0.2, 0.25) is 5.89 Å². The summed E-state index contributed by atoms with van der Waals surface area (Å²) < 4.78 is 7.65. The number of fused-ring (bicyclic) bond motifs is 1. The van der Waals surface area contributed by atoms with Crippen LogP contribution in [0.25, 0.3) is 11.1 Å². The average molecular weight is 297 g/mol. The fourth-order valence-electron chi connectivity index (χ4n) is 2.89. The monoisotopic (exact) mass is 297 g/mol. The zero-order valence-electron chi connectivity index (χ0n) is 12.6. The van der Waals surface area contributed by atoms with Crippen LogP contribution in [0, 0.1) is 0 Å². The van der Waals surface area contributed by atoms with Crippen LogP contribution in [-0.4, -0.2) is 45.8 Å². The van der Waals surface area contributed by atoms with Gasteiger partial charge in [-0.2, -0.15) is 5.10 Å². The average Bonchev–Trinajstić information content (AvgIpc) is 3.13. The molecular formula is C16H19N5O. The summed E-state index contributed by atoms with van der Waals surface area (Å²) in [6.45, 7) is 4.73. The molecule has 6 heteroatoms. The lowest BCUT2D eigenvalue weighted by Crippen LogP contribution is -2.46. The molecular weight excluding hydrogens is 278 g/mol. The molecule has 0 bridgehead atoms. The van der Waals surface area contributed by atoms with Gasteiger partial charge in [0.05, 0.1) is 6.54 Å². The first-order valence-electron chi connectivity index (χ1n) is 7.59. The lowest BCUT2D eigenvalue weighted by Gasteiger charge is -2.34. The number of para-hydroxylation sites is 2. The van der Waals surface area contributed by atoms with Crippen molar-refractivity contribution in [3.8, 4) is 0 Å². The SMILES string of the molecule is Cn1ccc(N2CCN(Cc3nc4ccccc4o3)CC2)n1. The fourth-order valence-corrected chi connectivity index (χ4v) is 2.89. The first-order chi connectivity index (χ1) is 10.8. The summed E-state index contributed by atoms with van der Waals surface area (Å²) in [5.74, 6) is 1.86. The van der Waals surface area contributed by atoms with E-state index in [-0.39, 0.29) is 0 Å². The molecule has 4 rings (SSSR count). The summed E-state index contributed by atoms with van der Waals surface area (Å²) in [7, 11) is 1.95. The Balaban J connectivity index is 1.39. The van der Waals surface area contributed by atoms with Crippen LogP contribution in [0.3, 0.4) is 0 Å². The third-order valence-corrected chi connectivity index (χ3v) is 4.09. The van der Waals surface area contributed by atoms with E-state index >= 15 is 0 Å². The van der Waals surface area contributed by atoms with Gasteiger partial charge < -0.3 is 9.32 Å². The molecule has 1 fully saturated rings. The molecule has 6 nitrogen and oxygen atoms in total. The van der Waals surface area contributed by atoms with Gasteiger partial charge in [0.1, 0.15) is 5.52 Å². The number of rotatable bonds is 3. The van der Waals surface area contributed by atoms with Crippen LogP contribution in [0.5, 0.6) is 0 Å². The van der Waals surface area contributed by atoms with Gasteiger partial charge in [-0.25, -0.2) is 4.98 Å². The highest BCUT2D eigenvalue weighted by Gasteiger charge is 2.20. The van der Waals surface area contributed by atoms with Crippen LogP contribution in [0.15, 0.2) is 40.9 Å². The molecule has 0 amide bonds. The van der Waals surface area contributed by atoms with Crippen molar-refractivity contribution in [2.75, 3.05) is 31.1 Å². The van der Waals surface area contributed by atoms with Crippen LogP contribution >= 0.6 is 0 Å². The number of aromatic nitrogens is 3. The molecule has 3 aromatic rings. The van der Waals surface area contributed by atoms with E-state index in [9.17, 15) is 0 Å². The Morgan fingerprint density at radius 2 is 1.91 bits per heavy atom. The van der Waals surface area contributed by atoms with Crippen molar-refractivity contribution in [3.63, 3.8) is 0 Å². The van der Waals surface area contributed by atoms with Crippen LogP contribution in [0.1, 0.15) is 5.89 Å². The normalized spacial score (nSPS) is 16.5. The Kier molecular flexibility index (Phi) is 3.31. The highest BCUT2D eigenvalue weighted by atomic mass is 16.3. The lowest BCUT2D eigenvalue weighted by atomic mass is 10.3. The Morgan fingerprint density at radius 1 is 1.09 bits per heavy atom. The van der Waals surface area contributed by atoms with Gasteiger partial charge in [0, 0.05) is 45.5 Å². The van der Waals surface area contributed by atoms with Gasteiger partial charge in [-0.3, -0.25) is 9.58 Å². The largest absolute Gasteiger partial charge is 0.439 e. The number of nitrogens with zero attached hydrogens (tertiary/aromatic N) is 5. The van der Waals surface area contributed by atoms with E-state index in [1.165, 1.54) is 0 Å². The Morgan fingerprint density at radius 3 is 2.64 bits per heavy atom. The van der Waals surface area contributed by atoms with Gasteiger partial charge >= 0.3 is 0 Å². The smallest absolute Gasteiger partial charge is 0.209 e. The van der Waals surface area contributed by atoms with E-state index in [0.717, 1.165) is 55.5 Å². The second-order valence-electron chi connectivity index (χ2n) is 5.69. The third-order valence-electron chi connectivity index (χ3n) is 4.09. The van der Waals surface area contributed by atoms with Crippen molar-refractivity contribution in [2.45, 2.75) is 6.54 Å². The summed E-state index contributed by atoms with van der Waals surface area (Å²) in [5, 5.41) is 4.47. The van der Waals surface area contributed by atoms with Gasteiger partial charge in [-0.05, 0) is 12.1 Å².